The van der Waals surface area contributed by atoms with Crippen molar-refractivity contribution in [2.24, 2.45) is 0 Å². The molecule has 2 heterocycles. The van der Waals surface area contributed by atoms with Crippen LogP contribution in [-0.4, -0.2) is 4.98 Å². The third-order valence-corrected chi connectivity index (χ3v) is 5.23. The normalized spacial score (nSPS) is 17.6. The van der Waals surface area contributed by atoms with Crippen LogP contribution < -0.4 is 11.1 Å². The first-order valence-electron chi connectivity index (χ1n) is 7.28. The Kier molecular flexibility index (Phi) is 3.04. The second-order valence-corrected chi connectivity index (χ2v) is 6.51. The summed E-state index contributed by atoms with van der Waals surface area (Å²) < 4.78 is 0. The molecule has 0 bridgehead atoms. The van der Waals surface area contributed by atoms with Gasteiger partial charge in [0.1, 0.15) is 0 Å². The number of nitrogens with zero attached hydrogens (tertiary/aromatic N) is 1. The summed E-state index contributed by atoms with van der Waals surface area (Å²) >= 11 is 1.87. The number of aryl methyl sites for hydroxylation is 1. The fraction of sp³-hybridized carbons (Fsp3) is 0.235. The van der Waals surface area contributed by atoms with Gasteiger partial charge in [-0.2, -0.15) is 0 Å². The number of rotatable bonds is 2. The molecule has 0 saturated carbocycles. The first-order valence-corrected chi connectivity index (χ1v) is 8.16. The van der Waals surface area contributed by atoms with Crippen molar-refractivity contribution in [3.05, 3.63) is 52.5 Å². The minimum Gasteiger partial charge on any atom is -0.398 e. The van der Waals surface area contributed by atoms with E-state index in [9.17, 15) is 0 Å². The molecule has 0 aliphatic heterocycles. The van der Waals surface area contributed by atoms with Gasteiger partial charge in [0.2, 0.25) is 0 Å². The average molecular weight is 295 g/mol. The molecule has 0 fully saturated rings. The van der Waals surface area contributed by atoms with Crippen molar-refractivity contribution in [1.29, 1.82) is 0 Å². The number of benzene rings is 1. The van der Waals surface area contributed by atoms with E-state index in [2.05, 4.69) is 27.8 Å². The van der Waals surface area contributed by atoms with Gasteiger partial charge in [-0.25, -0.2) is 0 Å². The number of pyridine rings is 1. The molecule has 0 saturated heterocycles. The molecule has 3 N–H and O–H groups in total. The number of nitrogens with two attached hydrogens (primary N) is 1. The molecule has 1 unspecified atom stereocenters. The standard InChI is InChI=1S/C17H17N3S/c18-14-4-5-16(13-10-19-8-6-11(13)14)20-15-2-1-3-17-12(15)7-9-21-17/h4-10,15,20H,1-3,18H2. The number of nitrogens with one attached hydrogen (secondary N) is 1. The van der Waals surface area contributed by atoms with E-state index in [1.807, 2.05) is 29.7 Å². The molecule has 21 heavy (non-hydrogen) atoms. The topological polar surface area (TPSA) is 50.9 Å². The molecule has 4 heteroatoms. The summed E-state index contributed by atoms with van der Waals surface area (Å²) in [6, 6.07) is 8.68. The minimum absolute atomic E-state index is 0.395. The van der Waals surface area contributed by atoms with Gasteiger partial charge in [0.15, 0.2) is 0 Å². The van der Waals surface area contributed by atoms with Gasteiger partial charge in [0.25, 0.3) is 0 Å². The molecule has 1 aliphatic carbocycles. The number of fused-ring (bicyclic) bond motifs is 2. The van der Waals surface area contributed by atoms with E-state index in [-0.39, 0.29) is 0 Å². The number of nitrogen functional groups attached to an aromatic ring is 1. The third kappa shape index (κ3) is 2.16. The number of aromatic nitrogens is 1. The second-order valence-electron chi connectivity index (χ2n) is 5.51. The predicted molar refractivity (Wildman–Crippen MR) is 89.8 cm³/mol. The lowest BCUT2D eigenvalue weighted by atomic mass is 9.93. The molecule has 1 aliphatic rings. The van der Waals surface area contributed by atoms with E-state index in [1.165, 1.54) is 29.7 Å². The first-order chi connectivity index (χ1) is 10.3. The molecule has 3 aromatic rings. The highest BCUT2D eigenvalue weighted by molar-refractivity contribution is 7.10. The lowest BCUT2D eigenvalue weighted by Gasteiger charge is -2.25. The van der Waals surface area contributed by atoms with Gasteiger partial charge >= 0.3 is 0 Å². The van der Waals surface area contributed by atoms with Gasteiger partial charge < -0.3 is 11.1 Å². The number of hydrogen-bond donors (Lipinski definition) is 2. The predicted octanol–water partition coefficient (Wildman–Crippen LogP) is 4.37. The first kappa shape index (κ1) is 12.7. The molecule has 3 nitrogen and oxygen atoms in total. The van der Waals surface area contributed by atoms with E-state index < -0.39 is 0 Å². The second kappa shape index (κ2) is 5.04. The number of anilines is 2. The van der Waals surface area contributed by atoms with Crippen molar-refractivity contribution in [3.8, 4) is 0 Å². The lowest BCUT2D eigenvalue weighted by molar-refractivity contribution is 0.609. The molecule has 2 aromatic heterocycles. The zero-order valence-corrected chi connectivity index (χ0v) is 12.5. The number of thiophene rings is 1. The van der Waals surface area contributed by atoms with Crippen LogP contribution in [0.4, 0.5) is 11.4 Å². The van der Waals surface area contributed by atoms with Crippen LogP contribution in [0.2, 0.25) is 0 Å². The maximum Gasteiger partial charge on any atom is 0.0525 e. The van der Waals surface area contributed by atoms with Crippen molar-refractivity contribution in [2.75, 3.05) is 11.1 Å². The summed E-state index contributed by atoms with van der Waals surface area (Å²) in [5, 5.41) is 8.07. The smallest absolute Gasteiger partial charge is 0.0525 e. The molecule has 106 valence electrons. The molecule has 1 aromatic carbocycles. The fourth-order valence-corrected chi connectivity index (χ4v) is 4.15. The van der Waals surface area contributed by atoms with Gasteiger partial charge in [-0.1, -0.05) is 0 Å². The molecular weight excluding hydrogens is 278 g/mol. The Morgan fingerprint density at radius 2 is 2.14 bits per heavy atom. The largest absolute Gasteiger partial charge is 0.398 e. The van der Waals surface area contributed by atoms with Crippen molar-refractivity contribution in [3.63, 3.8) is 0 Å². The van der Waals surface area contributed by atoms with Gasteiger partial charge in [-0.05, 0) is 54.5 Å². The molecular formula is C17H17N3S. The van der Waals surface area contributed by atoms with Crippen molar-refractivity contribution >= 4 is 33.5 Å². The zero-order chi connectivity index (χ0) is 14.2. The van der Waals surface area contributed by atoms with Gasteiger partial charge in [-0.15, -0.1) is 11.3 Å². The van der Waals surface area contributed by atoms with E-state index in [4.69, 9.17) is 5.73 Å². The Bertz CT molecular complexity index is 794. The summed E-state index contributed by atoms with van der Waals surface area (Å²) in [7, 11) is 0. The quantitative estimate of drug-likeness (QED) is 0.690. The summed E-state index contributed by atoms with van der Waals surface area (Å²) in [6.07, 6.45) is 7.33. The fourth-order valence-electron chi connectivity index (χ4n) is 3.16. The van der Waals surface area contributed by atoms with Gasteiger partial charge in [-0.3, -0.25) is 4.98 Å². The van der Waals surface area contributed by atoms with Crippen LogP contribution in [0, 0.1) is 0 Å². The van der Waals surface area contributed by atoms with E-state index in [0.717, 1.165) is 22.1 Å². The molecule has 0 radical (unpaired) electrons. The van der Waals surface area contributed by atoms with Crippen LogP contribution in [0.15, 0.2) is 42.0 Å². The third-order valence-electron chi connectivity index (χ3n) is 4.23. The highest BCUT2D eigenvalue weighted by atomic mass is 32.1. The lowest BCUT2D eigenvalue weighted by Crippen LogP contribution is -2.15. The molecule has 4 rings (SSSR count). The summed E-state index contributed by atoms with van der Waals surface area (Å²) in [5.74, 6) is 0. The SMILES string of the molecule is Nc1ccc(NC2CCCc3sccc32)c2cnccc12. The zero-order valence-electron chi connectivity index (χ0n) is 11.7. The molecule has 0 amide bonds. The van der Waals surface area contributed by atoms with Crippen LogP contribution in [0.3, 0.4) is 0 Å². The van der Waals surface area contributed by atoms with Crippen LogP contribution in [0.25, 0.3) is 10.8 Å². The van der Waals surface area contributed by atoms with Gasteiger partial charge in [0, 0.05) is 39.4 Å². The van der Waals surface area contributed by atoms with Crippen molar-refractivity contribution < 1.29 is 0 Å². The van der Waals surface area contributed by atoms with E-state index >= 15 is 0 Å². The molecule has 1 atom stereocenters. The van der Waals surface area contributed by atoms with E-state index in [1.54, 1.807) is 6.20 Å². The highest BCUT2D eigenvalue weighted by Gasteiger charge is 2.21. The van der Waals surface area contributed by atoms with Crippen LogP contribution in [0.5, 0.6) is 0 Å². The maximum absolute atomic E-state index is 6.06. The summed E-state index contributed by atoms with van der Waals surface area (Å²) in [5.41, 5.74) is 9.45. The van der Waals surface area contributed by atoms with Gasteiger partial charge in [0.05, 0.1) is 6.04 Å². The van der Waals surface area contributed by atoms with Crippen LogP contribution in [0.1, 0.15) is 29.3 Å². The Labute approximate surface area is 127 Å². The van der Waals surface area contributed by atoms with E-state index in [0.29, 0.717) is 6.04 Å². The number of hydrogen-bond acceptors (Lipinski definition) is 4. The Balaban J connectivity index is 1.75. The monoisotopic (exact) mass is 295 g/mol. The highest BCUT2D eigenvalue weighted by Crippen LogP contribution is 2.37. The summed E-state index contributed by atoms with van der Waals surface area (Å²) in [6.45, 7) is 0. The van der Waals surface area contributed by atoms with Crippen LogP contribution in [-0.2, 0) is 6.42 Å². The van der Waals surface area contributed by atoms with Crippen molar-refractivity contribution in [2.45, 2.75) is 25.3 Å². The Morgan fingerprint density at radius 3 is 3.10 bits per heavy atom. The Morgan fingerprint density at radius 1 is 1.19 bits per heavy atom. The minimum atomic E-state index is 0.395. The Hall–Kier alpha value is -2.07. The maximum atomic E-state index is 6.06. The van der Waals surface area contributed by atoms with Crippen LogP contribution >= 0.6 is 11.3 Å². The van der Waals surface area contributed by atoms with Crippen molar-refractivity contribution in [1.82, 2.24) is 4.98 Å². The molecule has 0 spiro atoms. The average Bonchev–Trinajstić information content (AvgIpc) is 3.00. The summed E-state index contributed by atoms with van der Waals surface area (Å²) in [4.78, 5) is 5.77.